The van der Waals surface area contributed by atoms with E-state index in [1.54, 1.807) is 0 Å². The molecule has 6 heteroatoms. The minimum Gasteiger partial charge on any atom is -0.399 e. The van der Waals surface area contributed by atoms with Crippen LogP contribution >= 0.6 is 0 Å². The van der Waals surface area contributed by atoms with E-state index in [1.165, 1.54) is 17.2 Å². The average Bonchev–Trinajstić information content (AvgIpc) is 2.92. The minimum absolute atomic E-state index is 0.163. The monoisotopic (exact) mass is 356 g/mol. The van der Waals surface area contributed by atoms with Gasteiger partial charge in [0.25, 0.3) is 5.79 Å². The maximum absolute atomic E-state index is 11.3. The van der Waals surface area contributed by atoms with E-state index in [-0.39, 0.29) is 12.8 Å². The Balaban J connectivity index is 1.74. The Hall–Kier alpha value is -1.70. The van der Waals surface area contributed by atoms with Gasteiger partial charge in [-0.15, -0.1) is 0 Å². The van der Waals surface area contributed by atoms with Gasteiger partial charge in [-0.1, -0.05) is 13.0 Å². The molecular formula is C20H24N2O4. The fourth-order valence-corrected chi connectivity index (χ4v) is 5.00. The second kappa shape index (κ2) is 5.41. The van der Waals surface area contributed by atoms with Crippen LogP contribution in [0.2, 0.25) is 0 Å². The summed E-state index contributed by atoms with van der Waals surface area (Å²) >= 11 is 0. The normalized spacial score (nSPS) is 35.3. The molecular weight excluding hydrogens is 332 g/mol. The summed E-state index contributed by atoms with van der Waals surface area (Å²) in [5.74, 6) is -3.77. The summed E-state index contributed by atoms with van der Waals surface area (Å²) in [7, 11) is 0. The molecule has 2 heterocycles. The summed E-state index contributed by atoms with van der Waals surface area (Å²) < 4.78 is 10.9. The Labute approximate surface area is 152 Å². The van der Waals surface area contributed by atoms with E-state index in [9.17, 15) is 10.2 Å². The molecule has 0 radical (unpaired) electrons. The number of fused-ring (bicyclic) bond motifs is 3. The average molecular weight is 356 g/mol. The first-order chi connectivity index (χ1) is 12.5. The van der Waals surface area contributed by atoms with Crippen LogP contribution in [0, 0.1) is 0 Å². The van der Waals surface area contributed by atoms with E-state index in [0.29, 0.717) is 11.3 Å². The lowest BCUT2D eigenvalue weighted by atomic mass is 9.71. The highest BCUT2D eigenvalue weighted by atomic mass is 16.8. The van der Waals surface area contributed by atoms with Crippen LogP contribution in [0.5, 0.6) is 0 Å². The van der Waals surface area contributed by atoms with Crippen LogP contribution in [-0.2, 0) is 15.9 Å². The van der Waals surface area contributed by atoms with Crippen molar-refractivity contribution in [2.24, 2.45) is 0 Å². The molecule has 4 aliphatic rings. The second-order valence-corrected chi connectivity index (χ2v) is 7.63. The van der Waals surface area contributed by atoms with Crippen molar-refractivity contribution in [1.82, 2.24) is 4.90 Å². The molecule has 2 unspecified atom stereocenters. The summed E-state index contributed by atoms with van der Waals surface area (Å²) in [5, 5.41) is 22.1. The predicted molar refractivity (Wildman–Crippen MR) is 96.8 cm³/mol. The maximum Gasteiger partial charge on any atom is 0.255 e. The van der Waals surface area contributed by atoms with Gasteiger partial charge in [0.15, 0.2) is 6.79 Å². The maximum atomic E-state index is 11.3. The zero-order valence-corrected chi connectivity index (χ0v) is 14.9. The molecule has 3 atom stereocenters. The molecule has 1 aromatic rings. The van der Waals surface area contributed by atoms with Gasteiger partial charge in [0.2, 0.25) is 5.79 Å². The summed E-state index contributed by atoms with van der Waals surface area (Å²) in [6, 6.07) is 4.20. The summed E-state index contributed by atoms with van der Waals surface area (Å²) in [5.41, 5.74) is 11.7. The molecule has 1 aromatic carbocycles. The van der Waals surface area contributed by atoms with Crippen molar-refractivity contribution < 1.29 is 19.7 Å². The van der Waals surface area contributed by atoms with Crippen molar-refractivity contribution in [3.63, 3.8) is 0 Å². The van der Waals surface area contributed by atoms with Crippen molar-refractivity contribution in [3.8, 4) is 0 Å². The van der Waals surface area contributed by atoms with Crippen LogP contribution in [-0.4, -0.2) is 46.6 Å². The van der Waals surface area contributed by atoms with E-state index in [1.807, 2.05) is 18.2 Å². The van der Waals surface area contributed by atoms with Crippen molar-refractivity contribution >= 4 is 11.3 Å². The lowest BCUT2D eigenvalue weighted by molar-refractivity contribution is -0.235. The van der Waals surface area contributed by atoms with E-state index >= 15 is 0 Å². The predicted octanol–water partition coefficient (Wildman–Crippen LogP) is 1.69. The van der Waals surface area contributed by atoms with Gasteiger partial charge in [-0.05, 0) is 66.3 Å². The molecule has 138 valence electrons. The lowest BCUT2D eigenvalue weighted by Crippen LogP contribution is -2.54. The van der Waals surface area contributed by atoms with E-state index in [4.69, 9.17) is 15.2 Å². The third kappa shape index (κ3) is 1.99. The number of rotatable bonds is 2. The molecule has 0 amide bonds. The van der Waals surface area contributed by atoms with E-state index < -0.39 is 11.6 Å². The zero-order valence-electron chi connectivity index (χ0n) is 14.9. The Morgan fingerprint density at radius 1 is 1.31 bits per heavy atom. The number of hydrogen-bond donors (Lipinski definition) is 3. The van der Waals surface area contributed by atoms with Gasteiger partial charge in [0.05, 0.1) is 0 Å². The number of hydrogen-bond acceptors (Lipinski definition) is 6. The summed E-state index contributed by atoms with van der Waals surface area (Å²) in [4.78, 5) is 2.51. The Morgan fingerprint density at radius 3 is 2.96 bits per heavy atom. The van der Waals surface area contributed by atoms with Crippen LogP contribution in [0.25, 0.3) is 5.57 Å². The van der Waals surface area contributed by atoms with Crippen molar-refractivity contribution in [2.45, 2.75) is 43.8 Å². The fourth-order valence-electron chi connectivity index (χ4n) is 5.00. The highest BCUT2D eigenvalue weighted by Crippen LogP contribution is 2.55. The first-order valence-electron chi connectivity index (χ1n) is 9.29. The molecule has 1 saturated heterocycles. The molecule has 4 N–H and O–H groups in total. The molecule has 0 aromatic heterocycles. The Bertz CT molecular complexity index is 848. The van der Waals surface area contributed by atoms with Crippen LogP contribution in [0.3, 0.4) is 0 Å². The quantitative estimate of drug-likeness (QED) is 0.699. The smallest absolute Gasteiger partial charge is 0.255 e. The summed E-state index contributed by atoms with van der Waals surface area (Å²) in [6.45, 7) is 4.08. The topological polar surface area (TPSA) is 88.2 Å². The Morgan fingerprint density at radius 2 is 2.15 bits per heavy atom. The van der Waals surface area contributed by atoms with Crippen LogP contribution in [0.15, 0.2) is 29.9 Å². The number of aliphatic hydroxyl groups is 2. The number of allylic oxidation sites excluding steroid dienone is 1. The molecule has 26 heavy (non-hydrogen) atoms. The molecule has 2 aliphatic heterocycles. The largest absolute Gasteiger partial charge is 0.399 e. The molecule has 0 bridgehead atoms. The number of anilines is 1. The number of nitrogens with two attached hydrogens (primary N) is 1. The molecule has 0 saturated carbocycles. The summed E-state index contributed by atoms with van der Waals surface area (Å²) in [6.07, 6.45) is 6.17. The van der Waals surface area contributed by atoms with E-state index in [2.05, 4.69) is 11.8 Å². The van der Waals surface area contributed by atoms with Crippen molar-refractivity contribution in [3.05, 3.63) is 46.5 Å². The molecule has 5 rings (SSSR count). The van der Waals surface area contributed by atoms with Gasteiger partial charge in [-0.2, -0.15) is 0 Å². The standard InChI is InChI=1S/C20H24N2O4/c1-2-6-22-7-4-12-8-14(21)10-15-17(12)16(22)9-13-3-5-19(23)20(24,18(13)15)26-11-25-19/h3,5,8,10,16,23-24H,2,4,6-7,9,11,21H2,1H3/t16-,19?,20?/m1/s1. The van der Waals surface area contributed by atoms with Crippen LogP contribution in [0.1, 0.15) is 42.5 Å². The highest BCUT2D eigenvalue weighted by molar-refractivity contribution is 5.85. The van der Waals surface area contributed by atoms with Gasteiger partial charge in [0, 0.05) is 23.8 Å². The van der Waals surface area contributed by atoms with Crippen LogP contribution < -0.4 is 5.73 Å². The van der Waals surface area contributed by atoms with Gasteiger partial charge in [0.1, 0.15) is 0 Å². The van der Waals surface area contributed by atoms with Gasteiger partial charge in [-0.25, -0.2) is 0 Å². The second-order valence-electron chi connectivity index (χ2n) is 7.63. The number of benzene rings is 1. The van der Waals surface area contributed by atoms with Crippen molar-refractivity contribution in [1.29, 1.82) is 0 Å². The third-order valence-corrected chi connectivity index (χ3v) is 6.13. The van der Waals surface area contributed by atoms with Crippen LogP contribution in [0.4, 0.5) is 5.69 Å². The van der Waals surface area contributed by atoms with E-state index in [0.717, 1.165) is 43.5 Å². The molecule has 2 aliphatic carbocycles. The fraction of sp³-hybridized carbons (Fsp3) is 0.500. The SMILES string of the molecule is CCCN1CCc2cc(N)cc3c2[C@H]1CC1=C3C2(O)OCOC2(O)C=C1. The molecule has 0 spiro atoms. The minimum atomic E-state index is -1.91. The molecule has 1 fully saturated rings. The third-order valence-electron chi connectivity index (χ3n) is 6.13. The van der Waals surface area contributed by atoms with Gasteiger partial charge < -0.3 is 25.4 Å². The first-order valence-corrected chi connectivity index (χ1v) is 9.29. The number of nitrogens with zero attached hydrogens (tertiary/aromatic N) is 1. The Kier molecular flexibility index (Phi) is 3.42. The van der Waals surface area contributed by atoms with Gasteiger partial charge >= 0.3 is 0 Å². The molecule has 6 nitrogen and oxygen atoms in total. The van der Waals surface area contributed by atoms with Gasteiger partial charge in [-0.3, -0.25) is 4.90 Å². The lowest BCUT2D eigenvalue weighted by Gasteiger charge is -2.46. The first kappa shape index (κ1) is 16.5. The van der Waals surface area contributed by atoms with Crippen molar-refractivity contribution in [2.75, 3.05) is 25.6 Å². The number of nitrogen functional groups attached to an aromatic ring is 1. The highest BCUT2D eigenvalue weighted by Gasteiger charge is 2.61. The number of ether oxygens (including phenoxy) is 2. The zero-order chi connectivity index (χ0) is 18.1.